The van der Waals surface area contributed by atoms with Crippen LogP contribution >= 0.6 is 0 Å². The molecule has 0 spiro atoms. The average molecular weight is 256 g/mol. The molecular formula is C11H16N2O3S. The third kappa shape index (κ3) is 2.65. The van der Waals surface area contributed by atoms with E-state index in [1.165, 1.54) is 16.5 Å². The third-order valence-electron chi connectivity index (χ3n) is 2.23. The van der Waals surface area contributed by atoms with Crippen molar-refractivity contribution in [2.45, 2.75) is 18.7 Å². The van der Waals surface area contributed by atoms with Gasteiger partial charge in [-0.2, -0.15) is 4.31 Å². The Morgan fingerprint density at radius 1 is 1.29 bits per heavy atom. The highest BCUT2D eigenvalue weighted by Gasteiger charge is 2.29. The number of hydrogen-bond donors (Lipinski definition) is 0. The van der Waals surface area contributed by atoms with Crippen molar-refractivity contribution in [1.82, 2.24) is 9.46 Å². The topological polar surface area (TPSA) is 63.4 Å². The van der Waals surface area contributed by atoms with Gasteiger partial charge < -0.3 is 4.52 Å². The van der Waals surface area contributed by atoms with Crippen molar-refractivity contribution in [1.29, 1.82) is 0 Å². The Balaban J connectivity index is 3.25. The van der Waals surface area contributed by atoms with Gasteiger partial charge in [0.25, 0.3) is 0 Å². The summed E-state index contributed by atoms with van der Waals surface area (Å²) in [5.41, 5.74) is 0.362. The first-order chi connectivity index (χ1) is 7.95. The summed E-state index contributed by atoms with van der Waals surface area (Å²) in [4.78, 5) is 0.126. The maximum atomic E-state index is 12.3. The van der Waals surface area contributed by atoms with Crippen molar-refractivity contribution >= 4 is 10.0 Å². The average Bonchev–Trinajstić information content (AvgIpc) is 2.58. The molecule has 1 heterocycles. The molecule has 1 aromatic rings. The molecule has 0 aromatic carbocycles. The first kappa shape index (κ1) is 13.7. The van der Waals surface area contributed by atoms with E-state index in [0.717, 1.165) is 0 Å². The standard InChI is InChI=1S/C11H16N2O3S/c1-5-7-13(8-6-2)17(14,15)11-9(3)12-16-10(11)4/h5-6H,1-2,7-8H2,3-4H3. The summed E-state index contributed by atoms with van der Waals surface area (Å²) in [6.45, 7) is 10.7. The zero-order chi connectivity index (χ0) is 13.1. The lowest BCUT2D eigenvalue weighted by atomic mass is 10.4. The van der Waals surface area contributed by atoms with Crippen molar-refractivity contribution in [3.8, 4) is 0 Å². The second kappa shape index (κ2) is 5.29. The fourth-order valence-corrected chi connectivity index (χ4v) is 3.20. The van der Waals surface area contributed by atoms with Crippen LogP contribution < -0.4 is 0 Å². The van der Waals surface area contributed by atoms with Gasteiger partial charge in [-0.15, -0.1) is 13.2 Å². The molecule has 0 unspecified atom stereocenters. The molecule has 5 nitrogen and oxygen atoms in total. The van der Waals surface area contributed by atoms with Crippen molar-refractivity contribution in [2.24, 2.45) is 0 Å². The smallest absolute Gasteiger partial charge is 0.249 e. The van der Waals surface area contributed by atoms with E-state index in [2.05, 4.69) is 18.3 Å². The predicted octanol–water partition coefficient (Wildman–Crippen LogP) is 1.65. The molecule has 17 heavy (non-hydrogen) atoms. The van der Waals surface area contributed by atoms with Crippen LogP contribution in [0.3, 0.4) is 0 Å². The Kier molecular flexibility index (Phi) is 4.25. The van der Waals surface area contributed by atoms with Crippen LogP contribution in [0, 0.1) is 13.8 Å². The molecular weight excluding hydrogens is 240 g/mol. The molecule has 1 aromatic heterocycles. The zero-order valence-corrected chi connectivity index (χ0v) is 10.8. The molecule has 6 heteroatoms. The van der Waals surface area contributed by atoms with E-state index in [9.17, 15) is 8.42 Å². The van der Waals surface area contributed by atoms with E-state index in [-0.39, 0.29) is 18.0 Å². The highest BCUT2D eigenvalue weighted by molar-refractivity contribution is 7.89. The maximum Gasteiger partial charge on any atom is 0.249 e. The molecule has 0 aliphatic rings. The number of aryl methyl sites for hydroxylation is 2. The van der Waals surface area contributed by atoms with E-state index in [0.29, 0.717) is 11.5 Å². The van der Waals surface area contributed by atoms with Crippen molar-refractivity contribution < 1.29 is 12.9 Å². The number of sulfonamides is 1. The summed E-state index contributed by atoms with van der Waals surface area (Å²) in [5, 5.41) is 3.65. The summed E-state index contributed by atoms with van der Waals surface area (Å²) in [6.07, 6.45) is 3.05. The summed E-state index contributed by atoms with van der Waals surface area (Å²) in [7, 11) is -3.61. The van der Waals surface area contributed by atoms with Gasteiger partial charge in [0.1, 0.15) is 10.6 Å². The number of aromatic nitrogens is 1. The monoisotopic (exact) mass is 256 g/mol. The quantitative estimate of drug-likeness (QED) is 0.726. The van der Waals surface area contributed by atoms with E-state index in [1.807, 2.05) is 0 Å². The van der Waals surface area contributed by atoms with Crippen LogP contribution in [0.2, 0.25) is 0 Å². The summed E-state index contributed by atoms with van der Waals surface area (Å²) >= 11 is 0. The molecule has 1 rings (SSSR count). The van der Waals surface area contributed by atoms with Crippen LogP contribution in [0.15, 0.2) is 34.7 Å². The van der Waals surface area contributed by atoms with Gasteiger partial charge in [-0.25, -0.2) is 8.42 Å². The third-order valence-corrected chi connectivity index (χ3v) is 4.31. The minimum atomic E-state index is -3.61. The minimum Gasteiger partial charge on any atom is -0.360 e. The van der Waals surface area contributed by atoms with Gasteiger partial charge in [0.15, 0.2) is 5.76 Å². The zero-order valence-electron chi connectivity index (χ0n) is 10.0. The molecule has 0 bridgehead atoms. The summed E-state index contributed by atoms with van der Waals surface area (Å²) in [5.74, 6) is 0.292. The van der Waals surface area contributed by atoms with Crippen LogP contribution in [0.5, 0.6) is 0 Å². The molecule has 0 N–H and O–H groups in total. The largest absolute Gasteiger partial charge is 0.360 e. The molecule has 94 valence electrons. The Hall–Kier alpha value is -1.40. The molecule has 0 saturated carbocycles. The lowest BCUT2D eigenvalue weighted by molar-refractivity contribution is 0.390. The number of rotatable bonds is 6. The summed E-state index contributed by atoms with van der Waals surface area (Å²) < 4.78 is 30.8. The van der Waals surface area contributed by atoms with Crippen LogP contribution in [0.4, 0.5) is 0 Å². The highest BCUT2D eigenvalue weighted by Crippen LogP contribution is 2.23. The van der Waals surface area contributed by atoms with Crippen LogP contribution in [0.25, 0.3) is 0 Å². The molecule has 0 radical (unpaired) electrons. The van der Waals surface area contributed by atoms with Crippen molar-refractivity contribution in [3.63, 3.8) is 0 Å². The maximum absolute atomic E-state index is 12.3. The van der Waals surface area contributed by atoms with Gasteiger partial charge in [-0.3, -0.25) is 0 Å². The van der Waals surface area contributed by atoms with Crippen molar-refractivity contribution in [3.05, 3.63) is 36.8 Å². The predicted molar refractivity (Wildman–Crippen MR) is 65.1 cm³/mol. The van der Waals surface area contributed by atoms with E-state index in [1.54, 1.807) is 13.8 Å². The second-order valence-corrected chi connectivity index (χ2v) is 5.43. The fraction of sp³-hybridized carbons (Fsp3) is 0.364. The molecule has 0 aliphatic heterocycles. The number of nitrogens with zero attached hydrogens (tertiary/aromatic N) is 2. The molecule has 0 aliphatic carbocycles. The first-order valence-electron chi connectivity index (χ1n) is 5.10. The highest BCUT2D eigenvalue weighted by atomic mass is 32.2. The normalized spacial score (nSPS) is 11.7. The Labute approximate surface area is 101 Å². The van der Waals surface area contributed by atoms with Gasteiger partial charge in [-0.1, -0.05) is 17.3 Å². The van der Waals surface area contributed by atoms with Crippen LogP contribution in [0.1, 0.15) is 11.5 Å². The van der Waals surface area contributed by atoms with Gasteiger partial charge in [0, 0.05) is 13.1 Å². The van der Waals surface area contributed by atoms with Crippen LogP contribution in [-0.4, -0.2) is 31.0 Å². The molecule has 0 atom stereocenters. The van der Waals surface area contributed by atoms with Gasteiger partial charge in [-0.05, 0) is 13.8 Å². The summed E-state index contributed by atoms with van der Waals surface area (Å²) in [6, 6.07) is 0. The van der Waals surface area contributed by atoms with Gasteiger partial charge in [0.05, 0.1) is 0 Å². The molecule has 0 fully saturated rings. The SMILES string of the molecule is C=CCN(CC=C)S(=O)(=O)c1c(C)noc1C. The number of hydrogen-bond acceptors (Lipinski definition) is 4. The fourth-order valence-electron chi connectivity index (χ4n) is 1.53. The Bertz CT molecular complexity index is 487. The Morgan fingerprint density at radius 2 is 1.82 bits per heavy atom. The first-order valence-corrected chi connectivity index (χ1v) is 6.54. The van der Waals surface area contributed by atoms with E-state index in [4.69, 9.17) is 4.52 Å². The van der Waals surface area contributed by atoms with Gasteiger partial charge >= 0.3 is 0 Å². The van der Waals surface area contributed by atoms with Crippen molar-refractivity contribution in [2.75, 3.05) is 13.1 Å². The lowest BCUT2D eigenvalue weighted by Gasteiger charge is -2.18. The van der Waals surface area contributed by atoms with E-state index >= 15 is 0 Å². The van der Waals surface area contributed by atoms with E-state index < -0.39 is 10.0 Å². The Morgan fingerprint density at radius 3 is 2.18 bits per heavy atom. The molecule has 0 amide bonds. The van der Waals surface area contributed by atoms with Crippen LogP contribution in [-0.2, 0) is 10.0 Å². The molecule has 0 saturated heterocycles. The minimum absolute atomic E-state index is 0.126. The lowest BCUT2D eigenvalue weighted by Crippen LogP contribution is -2.32. The van der Waals surface area contributed by atoms with Gasteiger partial charge in [0.2, 0.25) is 10.0 Å². The second-order valence-electron chi connectivity index (χ2n) is 3.55.